The molecule has 0 unspecified atom stereocenters. The molecule has 0 saturated carbocycles. The number of aromatic nitrogens is 1. The van der Waals surface area contributed by atoms with Crippen molar-refractivity contribution in [3.63, 3.8) is 0 Å². The van der Waals surface area contributed by atoms with Crippen molar-refractivity contribution in [3.8, 4) is 11.1 Å². The van der Waals surface area contributed by atoms with E-state index in [0.29, 0.717) is 5.82 Å². The highest BCUT2D eigenvalue weighted by molar-refractivity contribution is 5.96. The van der Waals surface area contributed by atoms with Gasteiger partial charge in [0.25, 0.3) is 5.91 Å². The van der Waals surface area contributed by atoms with E-state index in [1.807, 2.05) is 50.2 Å². The van der Waals surface area contributed by atoms with Crippen LogP contribution in [0.5, 0.6) is 0 Å². The number of likely N-dealkylation sites (N-methyl/N-ethyl adjacent to an activating group) is 1. The molecule has 4 rings (SSSR count). The summed E-state index contributed by atoms with van der Waals surface area (Å²) < 4.78 is 0. The van der Waals surface area contributed by atoms with Gasteiger partial charge in [0.15, 0.2) is 0 Å². The van der Waals surface area contributed by atoms with Gasteiger partial charge < -0.3 is 20.9 Å². The number of aryl methyl sites for hydroxylation is 1. The second-order valence-corrected chi connectivity index (χ2v) is 8.58. The topological polar surface area (TPSA) is 74.5 Å². The third-order valence-corrected chi connectivity index (χ3v) is 6.19. The van der Waals surface area contributed by atoms with E-state index in [9.17, 15) is 4.79 Å². The molecule has 1 atom stereocenters. The SMILES string of the molecule is Cc1ccc(N2CCN(C)CC2)cc1C(=O)N[C@H](C)c1cccc(-c2ccc(N)nc2)c1. The lowest BCUT2D eigenvalue weighted by Gasteiger charge is -2.34. The summed E-state index contributed by atoms with van der Waals surface area (Å²) in [5.41, 5.74) is 11.6. The van der Waals surface area contributed by atoms with Crippen molar-refractivity contribution in [3.05, 3.63) is 77.5 Å². The van der Waals surface area contributed by atoms with Gasteiger partial charge in [0.05, 0.1) is 6.04 Å². The number of nitrogen functional groups attached to an aromatic ring is 1. The number of carbonyl (C=O) groups excluding carboxylic acids is 1. The second kappa shape index (κ2) is 9.40. The fourth-order valence-corrected chi connectivity index (χ4v) is 4.04. The summed E-state index contributed by atoms with van der Waals surface area (Å²) in [7, 11) is 2.14. The Labute approximate surface area is 190 Å². The van der Waals surface area contributed by atoms with Crippen molar-refractivity contribution in [1.29, 1.82) is 0 Å². The third-order valence-electron chi connectivity index (χ3n) is 6.19. The monoisotopic (exact) mass is 429 g/mol. The largest absolute Gasteiger partial charge is 0.384 e. The molecule has 6 heteroatoms. The molecule has 1 aliphatic heterocycles. The Morgan fingerprint density at radius 1 is 1.03 bits per heavy atom. The predicted octanol–water partition coefficient (Wildman–Crippen LogP) is 3.88. The van der Waals surface area contributed by atoms with Crippen LogP contribution < -0.4 is 16.0 Å². The first-order chi connectivity index (χ1) is 15.4. The Kier molecular flexibility index (Phi) is 6.42. The van der Waals surface area contributed by atoms with E-state index >= 15 is 0 Å². The Bertz CT molecular complexity index is 1090. The van der Waals surface area contributed by atoms with Crippen molar-refractivity contribution in [2.75, 3.05) is 43.9 Å². The summed E-state index contributed by atoms with van der Waals surface area (Å²) in [6.07, 6.45) is 1.77. The van der Waals surface area contributed by atoms with Crippen LogP contribution in [0.1, 0.15) is 34.5 Å². The molecule has 0 spiro atoms. The van der Waals surface area contributed by atoms with Crippen LogP contribution in [0.4, 0.5) is 11.5 Å². The van der Waals surface area contributed by atoms with Crippen molar-refractivity contribution >= 4 is 17.4 Å². The second-order valence-electron chi connectivity index (χ2n) is 8.58. The minimum absolute atomic E-state index is 0.0504. The fraction of sp³-hybridized carbons (Fsp3) is 0.308. The zero-order valence-corrected chi connectivity index (χ0v) is 19.0. The quantitative estimate of drug-likeness (QED) is 0.644. The number of hydrogen-bond acceptors (Lipinski definition) is 5. The van der Waals surface area contributed by atoms with Crippen molar-refractivity contribution in [2.24, 2.45) is 0 Å². The van der Waals surface area contributed by atoms with E-state index < -0.39 is 0 Å². The summed E-state index contributed by atoms with van der Waals surface area (Å²) in [5.74, 6) is 0.449. The number of pyridine rings is 1. The van der Waals surface area contributed by atoms with Gasteiger partial charge in [-0.3, -0.25) is 4.79 Å². The standard InChI is InChI=1S/C26H31N5O/c1-18-7-9-23(31-13-11-30(3)12-14-31)16-24(18)26(32)29-19(2)20-5-4-6-21(15-20)22-8-10-25(27)28-17-22/h4-10,15-17,19H,11-14H2,1-3H3,(H2,27,28)(H,29,32)/t19-/m1/s1. The van der Waals surface area contributed by atoms with Gasteiger partial charge in [0.2, 0.25) is 0 Å². The average molecular weight is 430 g/mol. The van der Waals surface area contributed by atoms with Crippen LogP contribution in [0, 0.1) is 6.92 Å². The van der Waals surface area contributed by atoms with Gasteiger partial charge >= 0.3 is 0 Å². The zero-order valence-electron chi connectivity index (χ0n) is 19.0. The van der Waals surface area contributed by atoms with Crippen LogP contribution in [-0.2, 0) is 0 Å². The molecule has 3 N–H and O–H groups in total. The molecule has 0 aliphatic carbocycles. The van der Waals surface area contributed by atoms with Crippen LogP contribution in [-0.4, -0.2) is 49.0 Å². The predicted molar refractivity (Wildman–Crippen MR) is 131 cm³/mol. The molecule has 1 aliphatic rings. The number of anilines is 2. The van der Waals surface area contributed by atoms with E-state index in [-0.39, 0.29) is 11.9 Å². The molecule has 2 heterocycles. The maximum atomic E-state index is 13.2. The van der Waals surface area contributed by atoms with Gasteiger partial charge in [0.1, 0.15) is 5.82 Å². The molecular weight excluding hydrogens is 398 g/mol. The number of nitrogens with one attached hydrogen (secondary N) is 1. The van der Waals surface area contributed by atoms with Crippen LogP contribution in [0.25, 0.3) is 11.1 Å². The Morgan fingerprint density at radius 3 is 2.53 bits per heavy atom. The molecule has 1 saturated heterocycles. The number of hydrogen-bond donors (Lipinski definition) is 2. The molecule has 1 aromatic heterocycles. The van der Waals surface area contributed by atoms with Crippen molar-refractivity contribution in [2.45, 2.75) is 19.9 Å². The molecule has 2 aromatic carbocycles. The number of nitrogens with two attached hydrogens (primary N) is 1. The molecule has 0 bridgehead atoms. The van der Waals surface area contributed by atoms with Gasteiger partial charge in [-0.05, 0) is 67.9 Å². The first-order valence-electron chi connectivity index (χ1n) is 11.1. The van der Waals surface area contributed by atoms with Crippen molar-refractivity contribution in [1.82, 2.24) is 15.2 Å². The minimum atomic E-state index is -0.129. The summed E-state index contributed by atoms with van der Waals surface area (Å²) in [6, 6.07) is 18.0. The first kappa shape index (κ1) is 21.8. The summed E-state index contributed by atoms with van der Waals surface area (Å²) in [4.78, 5) is 22.0. The summed E-state index contributed by atoms with van der Waals surface area (Å²) in [5, 5.41) is 3.18. The Hall–Kier alpha value is -3.38. The van der Waals surface area contributed by atoms with E-state index in [1.165, 1.54) is 0 Å². The number of rotatable bonds is 5. The minimum Gasteiger partial charge on any atom is -0.384 e. The molecule has 3 aromatic rings. The van der Waals surface area contributed by atoms with Crippen LogP contribution in [0.3, 0.4) is 0 Å². The first-order valence-corrected chi connectivity index (χ1v) is 11.1. The van der Waals surface area contributed by atoms with E-state index in [1.54, 1.807) is 12.3 Å². The van der Waals surface area contributed by atoms with E-state index in [0.717, 1.165) is 59.7 Å². The molecule has 32 heavy (non-hydrogen) atoms. The highest BCUT2D eigenvalue weighted by Crippen LogP contribution is 2.25. The van der Waals surface area contributed by atoms with Gasteiger partial charge in [-0.2, -0.15) is 0 Å². The van der Waals surface area contributed by atoms with Gasteiger partial charge in [-0.15, -0.1) is 0 Å². The highest BCUT2D eigenvalue weighted by atomic mass is 16.1. The number of piperazine rings is 1. The van der Waals surface area contributed by atoms with Gasteiger partial charge in [-0.1, -0.05) is 24.3 Å². The molecule has 6 nitrogen and oxygen atoms in total. The maximum absolute atomic E-state index is 13.2. The molecular formula is C26H31N5O. The number of benzene rings is 2. The lowest BCUT2D eigenvalue weighted by atomic mass is 10.0. The molecule has 0 radical (unpaired) electrons. The van der Waals surface area contributed by atoms with E-state index in [4.69, 9.17) is 5.73 Å². The van der Waals surface area contributed by atoms with Crippen LogP contribution in [0.2, 0.25) is 0 Å². The molecule has 166 valence electrons. The Morgan fingerprint density at radius 2 is 1.81 bits per heavy atom. The lowest BCUT2D eigenvalue weighted by molar-refractivity contribution is 0.0939. The number of amides is 1. The average Bonchev–Trinajstić information content (AvgIpc) is 2.80. The summed E-state index contributed by atoms with van der Waals surface area (Å²) >= 11 is 0. The summed E-state index contributed by atoms with van der Waals surface area (Å²) in [6.45, 7) is 8.02. The van der Waals surface area contributed by atoms with Gasteiger partial charge in [0, 0.05) is 49.2 Å². The highest BCUT2D eigenvalue weighted by Gasteiger charge is 2.18. The molecule has 1 amide bonds. The van der Waals surface area contributed by atoms with Crippen LogP contribution >= 0.6 is 0 Å². The van der Waals surface area contributed by atoms with Gasteiger partial charge in [-0.25, -0.2) is 4.98 Å². The normalized spacial score (nSPS) is 15.4. The maximum Gasteiger partial charge on any atom is 0.252 e. The Balaban J connectivity index is 1.50. The zero-order chi connectivity index (χ0) is 22.7. The van der Waals surface area contributed by atoms with Crippen LogP contribution in [0.15, 0.2) is 60.8 Å². The van der Waals surface area contributed by atoms with E-state index in [2.05, 4.69) is 39.3 Å². The number of nitrogens with zero attached hydrogens (tertiary/aromatic N) is 3. The smallest absolute Gasteiger partial charge is 0.252 e. The molecule has 1 fully saturated rings. The van der Waals surface area contributed by atoms with Crippen molar-refractivity contribution < 1.29 is 4.79 Å². The fourth-order valence-electron chi connectivity index (χ4n) is 4.04. The number of carbonyl (C=O) groups is 1. The third kappa shape index (κ3) is 4.92. The lowest BCUT2D eigenvalue weighted by Crippen LogP contribution is -2.44.